The number of rotatable bonds is 3. The summed E-state index contributed by atoms with van der Waals surface area (Å²) in [4.78, 5) is 4.51. The fourth-order valence-electron chi connectivity index (χ4n) is 1.63. The van der Waals surface area contributed by atoms with Crippen molar-refractivity contribution >= 4 is 11.1 Å². The number of nitrogens with two attached hydrogens (primary N) is 1. The molecule has 0 amide bonds. The quantitative estimate of drug-likeness (QED) is 0.835. The largest absolute Gasteiger partial charge is 0.440 e. The number of oxazole rings is 1. The van der Waals surface area contributed by atoms with E-state index in [4.69, 9.17) is 10.2 Å². The summed E-state index contributed by atoms with van der Waals surface area (Å²) >= 11 is 0. The summed E-state index contributed by atoms with van der Waals surface area (Å²) in [6, 6.07) is 6.00. The maximum Gasteiger partial charge on any atom is 0.198 e. The second kappa shape index (κ2) is 4.03. The van der Waals surface area contributed by atoms with Gasteiger partial charge in [-0.3, -0.25) is 0 Å². The van der Waals surface area contributed by atoms with Crippen LogP contribution in [0.25, 0.3) is 11.1 Å². The van der Waals surface area contributed by atoms with Gasteiger partial charge in [0.1, 0.15) is 5.52 Å². The molecule has 0 bridgehead atoms. The first-order chi connectivity index (χ1) is 7.22. The van der Waals surface area contributed by atoms with Gasteiger partial charge in [0.15, 0.2) is 11.5 Å². The Morgan fingerprint density at radius 1 is 1.40 bits per heavy atom. The molecule has 0 saturated carbocycles. The normalized spacial score (nSPS) is 11.5. The SMILES string of the molecule is CC(C)c1nc2c(CCN)cccc2o1. The van der Waals surface area contributed by atoms with Gasteiger partial charge in [-0.25, -0.2) is 4.98 Å². The van der Waals surface area contributed by atoms with E-state index in [2.05, 4.69) is 24.9 Å². The Labute approximate surface area is 89.3 Å². The zero-order chi connectivity index (χ0) is 10.8. The molecule has 0 spiro atoms. The lowest BCUT2D eigenvalue weighted by Crippen LogP contribution is -2.03. The van der Waals surface area contributed by atoms with E-state index in [0.29, 0.717) is 12.5 Å². The van der Waals surface area contributed by atoms with Crippen molar-refractivity contribution in [3.05, 3.63) is 29.7 Å². The lowest BCUT2D eigenvalue weighted by atomic mass is 10.1. The Hall–Kier alpha value is -1.35. The van der Waals surface area contributed by atoms with Crippen LogP contribution >= 0.6 is 0 Å². The van der Waals surface area contributed by atoms with Gasteiger partial charge in [0.25, 0.3) is 0 Å². The van der Waals surface area contributed by atoms with E-state index in [1.165, 1.54) is 5.56 Å². The van der Waals surface area contributed by atoms with E-state index in [0.717, 1.165) is 23.4 Å². The maximum atomic E-state index is 5.66. The Morgan fingerprint density at radius 2 is 2.20 bits per heavy atom. The monoisotopic (exact) mass is 204 g/mol. The van der Waals surface area contributed by atoms with Gasteiger partial charge in [-0.15, -0.1) is 0 Å². The first-order valence-electron chi connectivity index (χ1n) is 5.30. The number of benzene rings is 1. The third kappa shape index (κ3) is 1.88. The first kappa shape index (κ1) is 10.2. The standard InChI is InChI=1S/C12H16N2O/c1-8(2)12-14-11-9(6-7-13)4-3-5-10(11)15-12/h3-5,8H,6-7,13H2,1-2H3. The molecule has 15 heavy (non-hydrogen) atoms. The van der Waals surface area contributed by atoms with Crippen molar-refractivity contribution in [3.8, 4) is 0 Å². The molecule has 80 valence electrons. The van der Waals surface area contributed by atoms with Crippen LogP contribution in [0.15, 0.2) is 22.6 Å². The number of para-hydroxylation sites is 1. The Bertz CT molecular complexity index is 460. The number of hydrogen-bond acceptors (Lipinski definition) is 3. The second-order valence-electron chi connectivity index (χ2n) is 4.01. The molecule has 0 unspecified atom stereocenters. The minimum absolute atomic E-state index is 0.322. The van der Waals surface area contributed by atoms with Crippen molar-refractivity contribution < 1.29 is 4.42 Å². The molecule has 3 heteroatoms. The first-order valence-corrected chi connectivity index (χ1v) is 5.30. The van der Waals surface area contributed by atoms with Crippen LogP contribution in [-0.2, 0) is 6.42 Å². The maximum absolute atomic E-state index is 5.66. The van der Waals surface area contributed by atoms with Crippen LogP contribution in [0.2, 0.25) is 0 Å². The third-order valence-electron chi connectivity index (χ3n) is 2.43. The topological polar surface area (TPSA) is 52.0 Å². The van der Waals surface area contributed by atoms with Crippen molar-refractivity contribution in [1.82, 2.24) is 4.98 Å². The van der Waals surface area contributed by atoms with Crippen LogP contribution in [-0.4, -0.2) is 11.5 Å². The summed E-state index contributed by atoms with van der Waals surface area (Å²) < 4.78 is 5.66. The Morgan fingerprint density at radius 3 is 2.87 bits per heavy atom. The van der Waals surface area contributed by atoms with Gasteiger partial charge in [-0.2, -0.15) is 0 Å². The minimum atomic E-state index is 0.322. The minimum Gasteiger partial charge on any atom is -0.440 e. The molecule has 0 atom stereocenters. The highest BCUT2D eigenvalue weighted by atomic mass is 16.3. The molecule has 3 nitrogen and oxygen atoms in total. The van der Waals surface area contributed by atoms with Gasteiger partial charge in [-0.1, -0.05) is 26.0 Å². The van der Waals surface area contributed by atoms with Gasteiger partial charge >= 0.3 is 0 Å². The van der Waals surface area contributed by atoms with Gasteiger partial charge in [0.2, 0.25) is 0 Å². The van der Waals surface area contributed by atoms with E-state index >= 15 is 0 Å². The smallest absolute Gasteiger partial charge is 0.198 e. The lowest BCUT2D eigenvalue weighted by molar-refractivity contribution is 0.501. The highest BCUT2D eigenvalue weighted by Gasteiger charge is 2.11. The van der Waals surface area contributed by atoms with Crippen molar-refractivity contribution in [1.29, 1.82) is 0 Å². The molecule has 0 aliphatic rings. The van der Waals surface area contributed by atoms with E-state index in [1.807, 2.05) is 12.1 Å². The highest BCUT2D eigenvalue weighted by Crippen LogP contribution is 2.23. The molecule has 1 heterocycles. The van der Waals surface area contributed by atoms with Gasteiger partial charge in [0.05, 0.1) is 0 Å². The van der Waals surface area contributed by atoms with E-state index in [-0.39, 0.29) is 0 Å². The van der Waals surface area contributed by atoms with Gasteiger partial charge in [-0.05, 0) is 24.6 Å². The molecule has 1 aromatic heterocycles. The summed E-state index contributed by atoms with van der Waals surface area (Å²) in [7, 11) is 0. The third-order valence-corrected chi connectivity index (χ3v) is 2.43. The van der Waals surface area contributed by atoms with E-state index in [1.54, 1.807) is 0 Å². The summed E-state index contributed by atoms with van der Waals surface area (Å²) in [5, 5.41) is 0. The second-order valence-corrected chi connectivity index (χ2v) is 4.01. The predicted molar refractivity (Wildman–Crippen MR) is 60.9 cm³/mol. The van der Waals surface area contributed by atoms with Crippen LogP contribution in [0.5, 0.6) is 0 Å². The fourth-order valence-corrected chi connectivity index (χ4v) is 1.63. The summed E-state index contributed by atoms with van der Waals surface area (Å²) in [6.45, 7) is 4.80. The predicted octanol–water partition coefficient (Wildman–Crippen LogP) is 2.45. The zero-order valence-electron chi connectivity index (χ0n) is 9.16. The zero-order valence-corrected chi connectivity index (χ0v) is 9.16. The molecule has 2 N–H and O–H groups in total. The number of aromatic nitrogens is 1. The average Bonchev–Trinajstić information content (AvgIpc) is 2.63. The van der Waals surface area contributed by atoms with Crippen molar-refractivity contribution in [2.24, 2.45) is 5.73 Å². The van der Waals surface area contributed by atoms with Crippen LogP contribution in [0, 0.1) is 0 Å². The van der Waals surface area contributed by atoms with Crippen molar-refractivity contribution in [2.45, 2.75) is 26.2 Å². The lowest BCUT2D eigenvalue weighted by Gasteiger charge is -1.97. The van der Waals surface area contributed by atoms with Crippen LogP contribution in [0.3, 0.4) is 0 Å². The number of hydrogen-bond donors (Lipinski definition) is 1. The molecule has 0 aliphatic carbocycles. The molecule has 2 rings (SSSR count). The fraction of sp³-hybridized carbons (Fsp3) is 0.417. The molecular weight excluding hydrogens is 188 g/mol. The van der Waals surface area contributed by atoms with E-state index < -0.39 is 0 Å². The van der Waals surface area contributed by atoms with Gasteiger partial charge < -0.3 is 10.2 Å². The van der Waals surface area contributed by atoms with Crippen LogP contribution < -0.4 is 5.73 Å². The number of fused-ring (bicyclic) bond motifs is 1. The summed E-state index contributed by atoms with van der Waals surface area (Å²) in [5.74, 6) is 1.12. The van der Waals surface area contributed by atoms with E-state index in [9.17, 15) is 0 Å². The molecule has 1 aromatic carbocycles. The molecule has 0 radical (unpaired) electrons. The summed E-state index contributed by atoms with van der Waals surface area (Å²) in [5.41, 5.74) is 8.56. The molecule has 0 saturated heterocycles. The number of nitrogens with zero attached hydrogens (tertiary/aromatic N) is 1. The summed E-state index contributed by atoms with van der Waals surface area (Å²) in [6.07, 6.45) is 0.849. The van der Waals surface area contributed by atoms with Gasteiger partial charge in [0, 0.05) is 5.92 Å². The highest BCUT2D eigenvalue weighted by molar-refractivity contribution is 5.76. The molecular formula is C12H16N2O. The molecule has 0 aliphatic heterocycles. The molecule has 0 fully saturated rings. The van der Waals surface area contributed by atoms with Crippen molar-refractivity contribution in [3.63, 3.8) is 0 Å². The Kier molecular flexibility index (Phi) is 2.73. The average molecular weight is 204 g/mol. The van der Waals surface area contributed by atoms with Crippen LogP contribution in [0.4, 0.5) is 0 Å². The molecule has 2 aromatic rings. The van der Waals surface area contributed by atoms with Crippen molar-refractivity contribution in [2.75, 3.05) is 6.54 Å². The Balaban J connectivity index is 2.54. The van der Waals surface area contributed by atoms with Crippen LogP contribution in [0.1, 0.15) is 31.2 Å².